The fourth-order valence-electron chi connectivity index (χ4n) is 1.48. The first-order chi connectivity index (χ1) is 6.99. The van der Waals surface area contributed by atoms with E-state index in [1.165, 1.54) is 0 Å². The van der Waals surface area contributed by atoms with E-state index < -0.39 is 5.60 Å². The van der Waals surface area contributed by atoms with Gasteiger partial charge in [-0.05, 0) is 26.3 Å². The Morgan fingerprint density at radius 3 is 2.80 bits per heavy atom. The van der Waals surface area contributed by atoms with E-state index in [1.54, 1.807) is 20.2 Å². The van der Waals surface area contributed by atoms with Gasteiger partial charge in [-0.15, -0.1) is 0 Å². The normalized spacial score (nSPS) is 17.4. The highest BCUT2D eigenvalue weighted by atomic mass is 16.5. The van der Waals surface area contributed by atoms with Crippen molar-refractivity contribution in [2.75, 3.05) is 7.11 Å². The number of hydrogen-bond donors (Lipinski definition) is 1. The summed E-state index contributed by atoms with van der Waals surface area (Å²) in [7, 11) is 1.61. The van der Waals surface area contributed by atoms with Crippen LogP contribution in [0.5, 0.6) is 0 Å². The van der Waals surface area contributed by atoms with Crippen LogP contribution in [0.1, 0.15) is 26.3 Å². The molecule has 1 aromatic rings. The number of aryl methyl sites for hydroxylation is 1. The van der Waals surface area contributed by atoms with Crippen molar-refractivity contribution in [3.63, 3.8) is 0 Å². The second kappa shape index (κ2) is 4.77. The lowest BCUT2D eigenvalue weighted by molar-refractivity contribution is -0.0715. The molecule has 4 heteroatoms. The minimum absolute atomic E-state index is 0.192. The van der Waals surface area contributed by atoms with Gasteiger partial charge < -0.3 is 9.84 Å². The lowest BCUT2D eigenvalue weighted by Gasteiger charge is -2.28. The first-order valence-electron chi connectivity index (χ1n) is 5.26. The summed E-state index contributed by atoms with van der Waals surface area (Å²) in [6.45, 7) is 6.53. The molecule has 4 nitrogen and oxygen atoms in total. The SMILES string of the molecule is CCn1cc(CC(C)(O)C(C)OC)cn1. The number of rotatable bonds is 5. The van der Waals surface area contributed by atoms with Crippen LogP contribution in [0.15, 0.2) is 12.4 Å². The Morgan fingerprint density at radius 2 is 2.33 bits per heavy atom. The standard InChI is InChI=1S/C11H20N2O2/c1-5-13-8-10(7-12-13)6-11(3,14)9(2)15-4/h7-9,14H,5-6H2,1-4H3. The highest BCUT2D eigenvalue weighted by molar-refractivity contribution is 5.08. The highest BCUT2D eigenvalue weighted by Gasteiger charge is 2.29. The van der Waals surface area contributed by atoms with Crippen LogP contribution in [-0.4, -0.2) is 33.7 Å². The zero-order valence-electron chi connectivity index (χ0n) is 9.90. The van der Waals surface area contributed by atoms with E-state index in [0.29, 0.717) is 6.42 Å². The van der Waals surface area contributed by atoms with Crippen molar-refractivity contribution in [3.05, 3.63) is 18.0 Å². The second-order valence-electron chi connectivity index (χ2n) is 4.12. The first kappa shape index (κ1) is 12.2. The van der Waals surface area contributed by atoms with Crippen molar-refractivity contribution in [2.45, 2.75) is 45.4 Å². The maximum absolute atomic E-state index is 10.2. The average molecular weight is 212 g/mol. The molecule has 0 saturated carbocycles. The molecule has 2 unspecified atom stereocenters. The molecule has 0 saturated heterocycles. The zero-order valence-corrected chi connectivity index (χ0v) is 9.90. The largest absolute Gasteiger partial charge is 0.387 e. The van der Waals surface area contributed by atoms with Gasteiger partial charge in [0.1, 0.15) is 0 Å². The molecule has 0 radical (unpaired) electrons. The number of ether oxygens (including phenoxy) is 1. The molecular formula is C11H20N2O2. The van der Waals surface area contributed by atoms with Gasteiger partial charge in [0, 0.05) is 26.3 Å². The van der Waals surface area contributed by atoms with Crippen molar-refractivity contribution >= 4 is 0 Å². The Morgan fingerprint density at radius 1 is 1.67 bits per heavy atom. The van der Waals surface area contributed by atoms with E-state index >= 15 is 0 Å². The van der Waals surface area contributed by atoms with Crippen molar-refractivity contribution < 1.29 is 9.84 Å². The number of nitrogens with zero attached hydrogens (tertiary/aromatic N) is 2. The Hall–Kier alpha value is -0.870. The van der Waals surface area contributed by atoms with Crippen LogP contribution < -0.4 is 0 Å². The lowest BCUT2D eigenvalue weighted by atomic mass is 9.93. The van der Waals surface area contributed by atoms with Crippen LogP contribution >= 0.6 is 0 Å². The average Bonchev–Trinajstić information content (AvgIpc) is 2.63. The molecule has 0 spiro atoms. The van der Waals surface area contributed by atoms with Gasteiger partial charge in [0.15, 0.2) is 0 Å². The van der Waals surface area contributed by atoms with Gasteiger partial charge in [0.25, 0.3) is 0 Å². The zero-order chi connectivity index (χ0) is 11.5. The Bertz CT molecular complexity index is 307. The summed E-state index contributed by atoms with van der Waals surface area (Å²) < 4.78 is 6.99. The monoisotopic (exact) mass is 212 g/mol. The summed E-state index contributed by atoms with van der Waals surface area (Å²) in [5.74, 6) is 0. The van der Waals surface area contributed by atoms with Crippen LogP contribution in [-0.2, 0) is 17.7 Å². The Labute approximate surface area is 90.9 Å². The predicted molar refractivity (Wildman–Crippen MR) is 58.7 cm³/mol. The van der Waals surface area contributed by atoms with E-state index in [1.807, 2.05) is 24.7 Å². The third kappa shape index (κ3) is 3.04. The van der Waals surface area contributed by atoms with Gasteiger partial charge in [-0.25, -0.2) is 0 Å². The molecule has 15 heavy (non-hydrogen) atoms. The van der Waals surface area contributed by atoms with Gasteiger partial charge in [0.2, 0.25) is 0 Å². The second-order valence-corrected chi connectivity index (χ2v) is 4.12. The van der Waals surface area contributed by atoms with Crippen LogP contribution in [0.25, 0.3) is 0 Å². The van der Waals surface area contributed by atoms with E-state index in [2.05, 4.69) is 5.10 Å². The number of aliphatic hydroxyl groups is 1. The minimum Gasteiger partial charge on any atom is -0.387 e. The first-order valence-corrected chi connectivity index (χ1v) is 5.26. The molecule has 0 aliphatic heterocycles. The Kier molecular flexibility index (Phi) is 3.88. The minimum atomic E-state index is -0.851. The number of hydrogen-bond acceptors (Lipinski definition) is 3. The van der Waals surface area contributed by atoms with Crippen molar-refractivity contribution in [3.8, 4) is 0 Å². The topological polar surface area (TPSA) is 47.3 Å². The predicted octanol–water partition coefficient (Wildman–Crippen LogP) is 1.23. The van der Waals surface area contributed by atoms with E-state index in [0.717, 1.165) is 12.1 Å². The molecule has 0 fully saturated rings. The molecule has 1 N–H and O–H groups in total. The highest BCUT2D eigenvalue weighted by Crippen LogP contribution is 2.18. The third-order valence-corrected chi connectivity index (χ3v) is 2.80. The van der Waals surface area contributed by atoms with Gasteiger partial charge in [-0.3, -0.25) is 4.68 Å². The molecule has 86 valence electrons. The van der Waals surface area contributed by atoms with E-state index in [-0.39, 0.29) is 6.10 Å². The smallest absolute Gasteiger partial charge is 0.0918 e. The van der Waals surface area contributed by atoms with Gasteiger partial charge in [-0.2, -0.15) is 5.10 Å². The van der Waals surface area contributed by atoms with Crippen molar-refractivity contribution in [1.29, 1.82) is 0 Å². The molecule has 0 aliphatic carbocycles. The summed E-state index contributed by atoms with van der Waals surface area (Å²) in [4.78, 5) is 0. The fraction of sp³-hybridized carbons (Fsp3) is 0.727. The third-order valence-electron chi connectivity index (χ3n) is 2.80. The molecule has 0 aliphatic rings. The summed E-state index contributed by atoms with van der Waals surface area (Å²) in [6.07, 6.45) is 4.11. The maximum atomic E-state index is 10.2. The van der Waals surface area contributed by atoms with Crippen LogP contribution in [0.2, 0.25) is 0 Å². The molecule has 1 rings (SSSR count). The summed E-state index contributed by atoms with van der Waals surface area (Å²) >= 11 is 0. The van der Waals surface area contributed by atoms with Crippen LogP contribution in [0.3, 0.4) is 0 Å². The van der Waals surface area contributed by atoms with Gasteiger partial charge >= 0.3 is 0 Å². The van der Waals surface area contributed by atoms with Crippen LogP contribution in [0, 0.1) is 0 Å². The lowest BCUT2D eigenvalue weighted by Crippen LogP contribution is -2.40. The van der Waals surface area contributed by atoms with E-state index in [4.69, 9.17) is 4.74 Å². The molecule has 1 heterocycles. The van der Waals surface area contributed by atoms with Crippen LogP contribution in [0.4, 0.5) is 0 Å². The number of aromatic nitrogens is 2. The molecular weight excluding hydrogens is 192 g/mol. The summed E-state index contributed by atoms with van der Waals surface area (Å²) in [5, 5.41) is 14.3. The quantitative estimate of drug-likeness (QED) is 0.798. The van der Waals surface area contributed by atoms with Crippen molar-refractivity contribution in [2.24, 2.45) is 0 Å². The van der Waals surface area contributed by atoms with Crippen molar-refractivity contribution in [1.82, 2.24) is 9.78 Å². The molecule has 2 atom stereocenters. The number of methoxy groups -OCH3 is 1. The molecule has 0 bridgehead atoms. The van der Waals surface area contributed by atoms with Gasteiger partial charge in [0.05, 0.1) is 17.9 Å². The molecule has 1 aromatic heterocycles. The molecule has 0 amide bonds. The van der Waals surface area contributed by atoms with Gasteiger partial charge in [-0.1, -0.05) is 0 Å². The maximum Gasteiger partial charge on any atom is 0.0918 e. The van der Waals surface area contributed by atoms with E-state index in [9.17, 15) is 5.11 Å². The molecule has 0 aromatic carbocycles. The summed E-state index contributed by atoms with van der Waals surface area (Å²) in [6, 6.07) is 0. The Balaban J connectivity index is 2.68. The fourth-order valence-corrected chi connectivity index (χ4v) is 1.48. The summed E-state index contributed by atoms with van der Waals surface area (Å²) in [5.41, 5.74) is 0.182.